The molecule has 2 aliphatic rings. The summed E-state index contributed by atoms with van der Waals surface area (Å²) < 4.78 is 1.97. The lowest BCUT2D eigenvalue weighted by atomic mass is 10.1. The Hall–Kier alpha value is -2.23. The zero-order valence-corrected chi connectivity index (χ0v) is 12.7. The van der Waals surface area contributed by atoms with Gasteiger partial charge in [-0.3, -0.25) is 14.6 Å². The third kappa shape index (κ3) is 2.42. The van der Waals surface area contributed by atoms with Crippen LogP contribution in [0.2, 0.25) is 0 Å². The van der Waals surface area contributed by atoms with Crippen LogP contribution in [0, 0.1) is 11.3 Å². The Balaban J connectivity index is 2.38. The largest absolute Gasteiger partial charge is 0.333 e. The predicted molar refractivity (Wildman–Crippen MR) is 77.0 cm³/mol. The van der Waals surface area contributed by atoms with Crippen molar-refractivity contribution in [1.82, 2.24) is 9.80 Å². The average Bonchev–Trinajstić information content (AvgIpc) is 2.84. The van der Waals surface area contributed by atoms with Crippen LogP contribution >= 0.6 is 0 Å². The van der Waals surface area contributed by atoms with Gasteiger partial charge in [0, 0.05) is 13.6 Å². The smallest absolute Gasteiger partial charge is 0.269 e. The number of amidine groups is 2. The fourth-order valence-electron chi connectivity index (χ4n) is 2.72. The lowest BCUT2D eigenvalue weighted by molar-refractivity contribution is -0.536. The second kappa shape index (κ2) is 6.04. The van der Waals surface area contributed by atoms with Crippen LogP contribution in [0.1, 0.15) is 33.1 Å². The minimum Gasteiger partial charge on any atom is -0.269 e. The number of likely N-dealkylation sites (N-methyl/N-ethyl adjacent to an activating group) is 1. The quantitative estimate of drug-likeness (QED) is 0.703. The highest BCUT2D eigenvalue weighted by Crippen LogP contribution is 2.21. The van der Waals surface area contributed by atoms with Gasteiger partial charge >= 0.3 is 6.03 Å². The van der Waals surface area contributed by atoms with E-state index in [0.29, 0.717) is 12.3 Å². The SMILES string of the molecule is CCC[N+]1=C(CC)N=C2C1C(=O)N(CCC#N)C(=O)N2C. The first-order chi connectivity index (χ1) is 10.1. The third-order valence-corrected chi connectivity index (χ3v) is 3.72. The molecule has 7 heteroatoms. The predicted octanol–water partition coefficient (Wildman–Crippen LogP) is 0.806. The standard InChI is InChI=1S/C14H20N5O2/c1-4-8-18-10(5-2)16-12-11(18)13(20)19(9-6-7-15)14(21)17(12)3/h11H,4-6,8-9H2,1-3H3/q+1. The highest BCUT2D eigenvalue weighted by atomic mass is 16.2. The van der Waals surface area contributed by atoms with Gasteiger partial charge in [0.15, 0.2) is 0 Å². The first-order valence-corrected chi connectivity index (χ1v) is 7.23. The number of rotatable bonds is 5. The molecule has 2 rings (SSSR count). The van der Waals surface area contributed by atoms with Gasteiger partial charge in [-0.25, -0.2) is 9.37 Å². The van der Waals surface area contributed by atoms with Crippen LogP contribution in [0.3, 0.4) is 0 Å². The molecule has 1 unspecified atom stereocenters. The number of fused-ring (bicyclic) bond motifs is 1. The summed E-state index contributed by atoms with van der Waals surface area (Å²) >= 11 is 0. The van der Waals surface area contributed by atoms with Crippen LogP contribution in [0.25, 0.3) is 0 Å². The van der Waals surface area contributed by atoms with Gasteiger partial charge in [0.1, 0.15) is 0 Å². The molecule has 0 radical (unpaired) electrons. The zero-order chi connectivity index (χ0) is 15.6. The van der Waals surface area contributed by atoms with Gasteiger partial charge in [-0.1, -0.05) is 13.8 Å². The fourth-order valence-corrected chi connectivity index (χ4v) is 2.72. The zero-order valence-electron chi connectivity index (χ0n) is 12.7. The van der Waals surface area contributed by atoms with Crippen molar-refractivity contribution in [2.45, 2.75) is 39.2 Å². The van der Waals surface area contributed by atoms with E-state index >= 15 is 0 Å². The van der Waals surface area contributed by atoms with Gasteiger partial charge in [-0.05, 0) is 11.4 Å². The molecular formula is C14H20N5O2+. The minimum absolute atomic E-state index is 0.129. The van der Waals surface area contributed by atoms with Gasteiger partial charge in [0.05, 0.1) is 25.5 Å². The number of aliphatic imine (C=N–C) groups is 1. The van der Waals surface area contributed by atoms with Crippen LogP contribution in [-0.4, -0.2) is 64.2 Å². The summed E-state index contributed by atoms with van der Waals surface area (Å²) in [4.78, 5) is 32.0. The van der Waals surface area contributed by atoms with E-state index < -0.39 is 12.1 Å². The van der Waals surface area contributed by atoms with Crippen LogP contribution in [-0.2, 0) is 4.79 Å². The summed E-state index contributed by atoms with van der Waals surface area (Å²) in [5, 5.41) is 8.69. The van der Waals surface area contributed by atoms with Gasteiger partial charge in [-0.2, -0.15) is 5.26 Å². The maximum absolute atomic E-state index is 12.6. The first-order valence-electron chi connectivity index (χ1n) is 7.23. The van der Waals surface area contributed by atoms with Gasteiger partial charge < -0.3 is 0 Å². The molecule has 21 heavy (non-hydrogen) atoms. The van der Waals surface area contributed by atoms with Crippen molar-refractivity contribution in [1.29, 1.82) is 5.26 Å². The molecule has 0 spiro atoms. The minimum atomic E-state index is -0.527. The number of nitriles is 1. The van der Waals surface area contributed by atoms with E-state index in [1.165, 1.54) is 4.90 Å². The van der Waals surface area contributed by atoms with E-state index in [1.54, 1.807) is 7.05 Å². The highest BCUT2D eigenvalue weighted by molar-refractivity contribution is 6.23. The van der Waals surface area contributed by atoms with E-state index in [1.807, 2.05) is 24.5 Å². The number of urea groups is 1. The fraction of sp³-hybridized carbons (Fsp3) is 0.643. The topological polar surface area (TPSA) is 79.8 Å². The van der Waals surface area contributed by atoms with E-state index in [0.717, 1.165) is 23.7 Å². The molecule has 1 saturated heterocycles. The van der Waals surface area contributed by atoms with Crippen LogP contribution in [0.4, 0.5) is 4.79 Å². The summed E-state index contributed by atoms with van der Waals surface area (Å²) in [5.41, 5.74) is 0. The van der Waals surface area contributed by atoms with Crippen molar-refractivity contribution >= 4 is 23.6 Å². The van der Waals surface area contributed by atoms with Crippen molar-refractivity contribution in [3.63, 3.8) is 0 Å². The molecule has 0 N–H and O–H groups in total. The number of hydrogen-bond donors (Lipinski definition) is 0. The Morgan fingerprint density at radius 1 is 1.38 bits per heavy atom. The molecule has 0 aliphatic carbocycles. The Morgan fingerprint density at radius 3 is 2.67 bits per heavy atom. The van der Waals surface area contributed by atoms with Crippen LogP contribution in [0.15, 0.2) is 4.99 Å². The average molecular weight is 290 g/mol. The lowest BCUT2D eigenvalue weighted by Crippen LogP contribution is -2.62. The molecule has 1 fully saturated rings. The number of nitrogens with zero attached hydrogens (tertiary/aromatic N) is 5. The molecule has 1 atom stereocenters. The van der Waals surface area contributed by atoms with E-state index in [4.69, 9.17) is 5.26 Å². The summed E-state index contributed by atoms with van der Waals surface area (Å²) in [5.74, 6) is 1.07. The molecule has 0 aromatic carbocycles. The molecule has 0 bridgehead atoms. The normalized spacial score (nSPS) is 21.6. The maximum Gasteiger partial charge on any atom is 0.333 e. The summed E-state index contributed by atoms with van der Waals surface area (Å²) in [6, 6.07) is 1.04. The van der Waals surface area contributed by atoms with E-state index in [2.05, 4.69) is 4.99 Å². The molecule has 7 nitrogen and oxygen atoms in total. The van der Waals surface area contributed by atoms with Gasteiger partial charge in [-0.15, -0.1) is 0 Å². The summed E-state index contributed by atoms with van der Waals surface area (Å²) in [7, 11) is 1.63. The molecule has 2 aliphatic heterocycles. The highest BCUT2D eigenvalue weighted by Gasteiger charge is 2.53. The lowest BCUT2D eigenvalue weighted by Gasteiger charge is -2.32. The molecule has 0 saturated carbocycles. The monoisotopic (exact) mass is 290 g/mol. The van der Waals surface area contributed by atoms with Crippen molar-refractivity contribution in [3.05, 3.63) is 0 Å². The number of carbonyl (C=O) groups excluding carboxylic acids is 2. The van der Waals surface area contributed by atoms with Crippen molar-refractivity contribution in [2.24, 2.45) is 4.99 Å². The Kier molecular flexibility index (Phi) is 4.36. The van der Waals surface area contributed by atoms with Crippen molar-refractivity contribution in [2.75, 3.05) is 20.1 Å². The second-order valence-electron chi connectivity index (χ2n) is 5.08. The second-order valence-corrected chi connectivity index (χ2v) is 5.08. The van der Waals surface area contributed by atoms with E-state index in [-0.39, 0.29) is 18.9 Å². The Labute approximate surface area is 124 Å². The Morgan fingerprint density at radius 2 is 2.10 bits per heavy atom. The van der Waals surface area contributed by atoms with Gasteiger partial charge in [0.25, 0.3) is 23.6 Å². The number of hydrogen-bond acceptors (Lipinski definition) is 4. The van der Waals surface area contributed by atoms with E-state index in [9.17, 15) is 9.59 Å². The van der Waals surface area contributed by atoms with Crippen LogP contribution in [0.5, 0.6) is 0 Å². The molecule has 2 heterocycles. The van der Waals surface area contributed by atoms with Crippen LogP contribution < -0.4 is 0 Å². The number of amides is 3. The summed E-state index contributed by atoms with van der Waals surface area (Å²) in [6.45, 7) is 4.88. The van der Waals surface area contributed by atoms with Crippen molar-refractivity contribution in [3.8, 4) is 6.07 Å². The maximum atomic E-state index is 12.6. The molecule has 0 aromatic rings. The van der Waals surface area contributed by atoms with Crippen molar-refractivity contribution < 1.29 is 14.2 Å². The van der Waals surface area contributed by atoms with Gasteiger partial charge in [0.2, 0.25) is 0 Å². The number of imide groups is 1. The Bertz CT molecular complexity index is 572. The molecule has 0 aromatic heterocycles. The summed E-state index contributed by atoms with van der Waals surface area (Å²) in [6.07, 6.45) is 1.75. The molecule has 3 amide bonds. The molecular weight excluding hydrogens is 270 g/mol. The first kappa shape index (κ1) is 15.2. The molecule has 112 valence electrons. The number of carbonyl (C=O) groups is 2. The third-order valence-electron chi connectivity index (χ3n) is 3.72.